The molecule has 33 heavy (non-hydrogen) atoms. The molecule has 2 N–H and O–H groups in total. The number of ether oxygens (including phenoxy) is 2. The number of hydrogen-bond donors (Lipinski definition) is 2. The van der Waals surface area contributed by atoms with Gasteiger partial charge in [-0.15, -0.1) is 0 Å². The van der Waals surface area contributed by atoms with Crippen molar-refractivity contribution in [1.29, 1.82) is 0 Å². The van der Waals surface area contributed by atoms with Gasteiger partial charge in [-0.3, -0.25) is 0 Å². The molecule has 9 nitrogen and oxygen atoms in total. The number of carbonyl (C=O) groups excluding carboxylic acids is 2. The van der Waals surface area contributed by atoms with Gasteiger partial charge >= 0.3 is 18.2 Å². The Morgan fingerprint density at radius 3 is 2.30 bits per heavy atom. The van der Waals surface area contributed by atoms with Gasteiger partial charge in [-0.05, 0) is 29.2 Å². The number of nitrogens with zero attached hydrogens (tertiary/aromatic N) is 2. The van der Waals surface area contributed by atoms with Crippen LogP contribution in [-0.4, -0.2) is 52.1 Å². The maximum atomic E-state index is 12.4. The highest BCUT2D eigenvalue weighted by molar-refractivity contribution is 5.81. The van der Waals surface area contributed by atoms with Crippen molar-refractivity contribution in [2.45, 2.75) is 25.3 Å². The molecule has 0 saturated carbocycles. The fraction of sp³-hybridized carbons (Fsp3) is 0.250. The Bertz CT molecular complexity index is 1140. The largest absolute Gasteiger partial charge is 0.480 e. The number of alkyl carbamates (subject to hydrolysis) is 1. The molecular formula is C24H23N3O6. The lowest BCUT2D eigenvalue weighted by Gasteiger charge is -2.17. The van der Waals surface area contributed by atoms with E-state index in [0.29, 0.717) is 5.69 Å². The van der Waals surface area contributed by atoms with Crippen molar-refractivity contribution < 1.29 is 29.0 Å². The zero-order chi connectivity index (χ0) is 23.4. The molecule has 0 radical (unpaired) electrons. The molecular weight excluding hydrogens is 426 g/mol. The van der Waals surface area contributed by atoms with Gasteiger partial charge in [-0.25, -0.2) is 23.9 Å². The van der Waals surface area contributed by atoms with E-state index in [0.717, 1.165) is 26.8 Å². The van der Waals surface area contributed by atoms with Gasteiger partial charge in [0.05, 0.1) is 12.3 Å². The van der Waals surface area contributed by atoms with Gasteiger partial charge in [0.2, 0.25) is 0 Å². The summed E-state index contributed by atoms with van der Waals surface area (Å²) in [5, 5.41) is 11.9. The molecule has 0 fully saturated rings. The third-order valence-electron chi connectivity index (χ3n) is 5.46. The fourth-order valence-electron chi connectivity index (χ4n) is 3.96. The Kier molecular flexibility index (Phi) is 6.39. The fourth-order valence-corrected chi connectivity index (χ4v) is 3.96. The molecule has 0 aliphatic heterocycles. The predicted molar refractivity (Wildman–Crippen MR) is 118 cm³/mol. The first kappa shape index (κ1) is 22.1. The van der Waals surface area contributed by atoms with E-state index in [-0.39, 0.29) is 25.6 Å². The number of nitrogens with one attached hydrogen (secondary N) is 1. The van der Waals surface area contributed by atoms with Crippen molar-refractivity contribution in [1.82, 2.24) is 14.9 Å². The quantitative estimate of drug-likeness (QED) is 0.567. The number of fused-ring (bicyclic) bond motifs is 3. The second-order valence-corrected chi connectivity index (χ2v) is 7.54. The number of carboxylic acids is 1. The smallest absolute Gasteiger partial charge is 0.419 e. The second kappa shape index (κ2) is 9.56. The molecule has 1 heterocycles. The minimum absolute atomic E-state index is 0.0731. The normalized spacial score (nSPS) is 13.0. The predicted octanol–water partition coefficient (Wildman–Crippen LogP) is 3.42. The Balaban J connectivity index is 1.39. The highest BCUT2D eigenvalue weighted by Crippen LogP contribution is 2.44. The van der Waals surface area contributed by atoms with Gasteiger partial charge in [0.25, 0.3) is 0 Å². The number of carbonyl (C=O) groups is 3. The summed E-state index contributed by atoms with van der Waals surface area (Å²) in [4.78, 5) is 39.9. The molecule has 9 heteroatoms. The number of imidazole rings is 1. The van der Waals surface area contributed by atoms with E-state index < -0.39 is 24.2 Å². The zero-order valence-electron chi connectivity index (χ0n) is 17.9. The van der Waals surface area contributed by atoms with Gasteiger partial charge < -0.3 is 19.9 Å². The number of aliphatic carboxylic acids is 1. The Labute approximate surface area is 190 Å². The molecule has 170 valence electrons. The maximum Gasteiger partial charge on any atom is 0.419 e. The van der Waals surface area contributed by atoms with Crippen LogP contribution in [0.3, 0.4) is 0 Å². The van der Waals surface area contributed by atoms with Gasteiger partial charge in [-0.2, -0.15) is 0 Å². The van der Waals surface area contributed by atoms with Crippen LogP contribution >= 0.6 is 0 Å². The number of aromatic nitrogens is 2. The average Bonchev–Trinajstić information content (AvgIpc) is 3.40. The molecule has 1 amide bonds. The zero-order valence-corrected chi connectivity index (χ0v) is 17.9. The maximum absolute atomic E-state index is 12.4. The van der Waals surface area contributed by atoms with Crippen LogP contribution in [0.25, 0.3) is 11.1 Å². The summed E-state index contributed by atoms with van der Waals surface area (Å²) in [5.74, 6) is -1.37. The summed E-state index contributed by atoms with van der Waals surface area (Å²) in [5.41, 5.74) is 4.64. The van der Waals surface area contributed by atoms with Crippen LogP contribution in [0.15, 0.2) is 61.1 Å². The lowest BCUT2D eigenvalue weighted by Crippen LogP contribution is -2.43. The van der Waals surface area contributed by atoms with Gasteiger partial charge in [-0.1, -0.05) is 48.5 Å². The lowest BCUT2D eigenvalue weighted by atomic mass is 9.98. The number of benzene rings is 2. The van der Waals surface area contributed by atoms with E-state index in [4.69, 9.17) is 9.47 Å². The summed E-state index contributed by atoms with van der Waals surface area (Å²) in [7, 11) is 0. The highest BCUT2D eigenvalue weighted by atomic mass is 16.6. The molecule has 4 rings (SSSR count). The van der Waals surface area contributed by atoms with E-state index in [1.807, 2.05) is 48.5 Å². The first-order valence-electron chi connectivity index (χ1n) is 10.5. The molecule has 0 saturated heterocycles. The van der Waals surface area contributed by atoms with Crippen molar-refractivity contribution in [2.24, 2.45) is 0 Å². The van der Waals surface area contributed by atoms with Gasteiger partial charge in [0.1, 0.15) is 19.0 Å². The molecule has 2 aromatic carbocycles. The molecule has 3 aromatic rings. The molecule has 0 unspecified atom stereocenters. The molecule has 1 aliphatic carbocycles. The number of hydrogen-bond acceptors (Lipinski definition) is 6. The van der Waals surface area contributed by atoms with E-state index in [9.17, 15) is 19.5 Å². The summed E-state index contributed by atoms with van der Waals surface area (Å²) >= 11 is 0. The Morgan fingerprint density at radius 2 is 1.70 bits per heavy atom. The number of amides is 1. The molecule has 1 atom stereocenters. The van der Waals surface area contributed by atoms with Crippen LogP contribution in [0.2, 0.25) is 0 Å². The third-order valence-corrected chi connectivity index (χ3v) is 5.46. The van der Waals surface area contributed by atoms with Crippen LogP contribution < -0.4 is 5.32 Å². The van der Waals surface area contributed by atoms with Crippen LogP contribution in [0, 0.1) is 0 Å². The van der Waals surface area contributed by atoms with Crippen molar-refractivity contribution >= 4 is 18.2 Å². The van der Waals surface area contributed by atoms with Crippen molar-refractivity contribution in [3.63, 3.8) is 0 Å². The standard InChI is InChI=1S/C24H23N3O6/c1-2-32-24(31)27-12-15(25-14-27)11-21(22(28)29)26-23(30)33-13-20-18-9-5-3-7-16(18)17-8-4-6-10-19(17)20/h3-10,12,14,20-21H,2,11,13H2,1H3,(H,26,30)(H,28,29)/t21-/m0/s1. The topological polar surface area (TPSA) is 120 Å². The van der Waals surface area contributed by atoms with Gasteiger partial charge in [0, 0.05) is 18.5 Å². The first-order valence-corrected chi connectivity index (χ1v) is 10.5. The second-order valence-electron chi connectivity index (χ2n) is 7.54. The van der Waals surface area contributed by atoms with Crippen molar-refractivity contribution in [3.05, 3.63) is 77.9 Å². The minimum Gasteiger partial charge on any atom is -0.480 e. The van der Waals surface area contributed by atoms with Crippen LogP contribution in [0.5, 0.6) is 0 Å². The highest BCUT2D eigenvalue weighted by Gasteiger charge is 2.30. The monoisotopic (exact) mass is 449 g/mol. The Morgan fingerprint density at radius 1 is 1.06 bits per heavy atom. The summed E-state index contributed by atoms with van der Waals surface area (Å²) in [6.45, 7) is 1.95. The van der Waals surface area contributed by atoms with E-state index in [2.05, 4.69) is 10.3 Å². The van der Waals surface area contributed by atoms with Crippen LogP contribution in [0.4, 0.5) is 9.59 Å². The number of rotatable bonds is 7. The molecule has 0 spiro atoms. The van der Waals surface area contributed by atoms with Crippen LogP contribution in [0.1, 0.15) is 29.7 Å². The summed E-state index contributed by atoms with van der Waals surface area (Å²) < 4.78 is 11.4. The third kappa shape index (κ3) is 4.72. The lowest BCUT2D eigenvalue weighted by molar-refractivity contribution is -0.139. The van der Waals surface area contributed by atoms with Crippen LogP contribution in [-0.2, 0) is 20.7 Å². The Hall–Kier alpha value is -4.14. The van der Waals surface area contributed by atoms with E-state index in [1.165, 1.54) is 12.5 Å². The van der Waals surface area contributed by atoms with E-state index in [1.54, 1.807) is 6.92 Å². The molecule has 1 aromatic heterocycles. The molecule has 1 aliphatic rings. The van der Waals surface area contributed by atoms with E-state index >= 15 is 0 Å². The first-order chi connectivity index (χ1) is 16.0. The van der Waals surface area contributed by atoms with Crippen molar-refractivity contribution in [3.8, 4) is 11.1 Å². The molecule has 0 bridgehead atoms. The SMILES string of the molecule is CCOC(=O)n1cnc(C[C@H](NC(=O)OCC2c3ccccc3-c3ccccc32)C(=O)O)c1. The number of carboxylic acid groups (broad SMARTS) is 1. The van der Waals surface area contributed by atoms with Gasteiger partial charge in [0.15, 0.2) is 0 Å². The average molecular weight is 449 g/mol. The summed E-state index contributed by atoms with van der Waals surface area (Å²) in [6.07, 6.45) is 1.03. The minimum atomic E-state index is -1.27. The summed E-state index contributed by atoms with van der Waals surface area (Å²) in [6, 6.07) is 14.6. The van der Waals surface area contributed by atoms with Crippen molar-refractivity contribution in [2.75, 3.05) is 13.2 Å².